The smallest absolute Gasteiger partial charge is 0.350 e. The van der Waals surface area contributed by atoms with Crippen molar-refractivity contribution in [2.75, 3.05) is 6.61 Å². The molecule has 6 rings (SSSR count). The predicted octanol–water partition coefficient (Wildman–Crippen LogP) is 4.83. The van der Waals surface area contributed by atoms with Crippen molar-refractivity contribution in [1.29, 1.82) is 0 Å². The van der Waals surface area contributed by atoms with Gasteiger partial charge < -0.3 is 14.2 Å². The Kier molecular flexibility index (Phi) is 9.16. The fourth-order valence-electron chi connectivity index (χ4n) is 4.90. The second-order valence-electron chi connectivity index (χ2n) is 9.90. The maximum atomic E-state index is 13.4. The summed E-state index contributed by atoms with van der Waals surface area (Å²) in [6.45, 7) is 1.71. The molecule has 1 fully saturated rings. The molecule has 3 heterocycles. The summed E-state index contributed by atoms with van der Waals surface area (Å²) in [6.07, 6.45) is 3.87. The van der Waals surface area contributed by atoms with Gasteiger partial charge in [-0.05, 0) is 22.8 Å². The number of rotatable bonds is 12. The van der Waals surface area contributed by atoms with Crippen molar-refractivity contribution >= 4 is 11.8 Å². The first-order chi connectivity index (χ1) is 20.7. The molecule has 0 aliphatic carbocycles. The minimum atomic E-state index is -0.444. The fourth-order valence-corrected chi connectivity index (χ4v) is 6.50. The zero-order valence-corrected chi connectivity index (χ0v) is 23.7. The van der Waals surface area contributed by atoms with E-state index in [0.29, 0.717) is 32.2 Å². The second kappa shape index (κ2) is 13.7. The van der Waals surface area contributed by atoms with E-state index in [-0.39, 0.29) is 16.7 Å². The summed E-state index contributed by atoms with van der Waals surface area (Å²) in [4.78, 5) is 21.6. The Morgan fingerprint density at radius 3 is 1.90 bits per heavy atom. The Hall–Kier alpha value is -4.09. The van der Waals surface area contributed by atoms with E-state index in [4.69, 9.17) is 14.2 Å². The van der Waals surface area contributed by atoms with Crippen molar-refractivity contribution in [2.24, 2.45) is 0 Å². The van der Waals surface area contributed by atoms with Gasteiger partial charge in [0.1, 0.15) is 30.2 Å². The minimum absolute atomic E-state index is 0.0925. The van der Waals surface area contributed by atoms with Crippen LogP contribution in [0.1, 0.15) is 22.1 Å². The molecule has 214 valence electrons. The summed E-state index contributed by atoms with van der Waals surface area (Å²) in [7, 11) is 0. The van der Waals surface area contributed by atoms with Gasteiger partial charge in [0, 0.05) is 6.20 Å². The quantitative estimate of drug-likeness (QED) is 0.207. The van der Waals surface area contributed by atoms with E-state index < -0.39 is 11.8 Å². The lowest BCUT2D eigenvalue weighted by Crippen LogP contribution is -2.40. The molecule has 4 unspecified atom stereocenters. The van der Waals surface area contributed by atoms with Gasteiger partial charge in [0.25, 0.3) is 0 Å². The van der Waals surface area contributed by atoms with Crippen LogP contribution in [0.25, 0.3) is 5.82 Å². The highest BCUT2D eigenvalue weighted by Gasteiger charge is 2.47. The van der Waals surface area contributed by atoms with E-state index in [1.54, 1.807) is 28.6 Å². The number of ether oxygens (including phenoxy) is 3. The Morgan fingerprint density at radius 2 is 1.33 bits per heavy atom. The summed E-state index contributed by atoms with van der Waals surface area (Å²) >= 11 is 1.62. The summed E-state index contributed by atoms with van der Waals surface area (Å²) in [5.41, 5.74) is 2.80. The standard InChI is InChI=1S/C32H31N5O4S/c38-32-35-28(37-23-33-22-34-37)16-17-36(32)31-30(41-20-26-14-8-3-9-15-26)29(40-19-25-12-6-2-7-13-25)27(42-31)21-39-18-24-10-4-1-5-11-24/h1-17,22-23,27,29-31H,18-21H2. The Morgan fingerprint density at radius 1 is 0.738 bits per heavy atom. The molecule has 1 saturated heterocycles. The van der Waals surface area contributed by atoms with Crippen LogP contribution >= 0.6 is 11.8 Å². The highest BCUT2D eigenvalue weighted by molar-refractivity contribution is 8.00. The molecule has 42 heavy (non-hydrogen) atoms. The van der Waals surface area contributed by atoms with Crippen LogP contribution in [-0.2, 0) is 34.0 Å². The normalized spacial score (nSPS) is 20.1. The van der Waals surface area contributed by atoms with Gasteiger partial charge >= 0.3 is 5.69 Å². The summed E-state index contributed by atoms with van der Waals surface area (Å²) in [5, 5.41) is 3.62. The fraction of sp³-hybridized carbons (Fsp3) is 0.250. The third-order valence-electron chi connectivity index (χ3n) is 6.99. The average Bonchev–Trinajstić information content (AvgIpc) is 3.69. The molecule has 0 N–H and O–H groups in total. The summed E-state index contributed by atoms with van der Waals surface area (Å²) < 4.78 is 22.5. The van der Waals surface area contributed by atoms with Crippen molar-refractivity contribution in [3.05, 3.63) is 143 Å². The molecule has 0 spiro atoms. The van der Waals surface area contributed by atoms with Gasteiger partial charge in [0.2, 0.25) is 0 Å². The third-order valence-corrected chi connectivity index (χ3v) is 8.52. The van der Waals surface area contributed by atoms with Gasteiger partial charge in [-0.3, -0.25) is 4.57 Å². The third kappa shape index (κ3) is 6.85. The second-order valence-corrected chi connectivity index (χ2v) is 11.3. The van der Waals surface area contributed by atoms with Crippen LogP contribution in [0.15, 0.2) is 121 Å². The topological polar surface area (TPSA) is 93.3 Å². The number of nitrogens with zero attached hydrogens (tertiary/aromatic N) is 5. The summed E-state index contributed by atoms with van der Waals surface area (Å²) in [6, 6.07) is 31.9. The maximum Gasteiger partial charge on any atom is 0.350 e. The molecular weight excluding hydrogens is 550 g/mol. The Balaban J connectivity index is 1.28. The SMILES string of the molecule is O=c1nc(-n2cncn2)ccn1C1SC(COCc2ccccc2)C(OCc2ccccc2)C1OCc1ccccc1. The first kappa shape index (κ1) is 28.0. The number of thioether (sulfide) groups is 1. The van der Waals surface area contributed by atoms with Crippen molar-refractivity contribution in [2.45, 2.75) is 42.7 Å². The molecule has 0 radical (unpaired) electrons. The number of benzene rings is 3. The minimum Gasteiger partial charge on any atom is -0.376 e. The van der Waals surface area contributed by atoms with E-state index in [9.17, 15) is 4.79 Å². The Bertz CT molecular complexity index is 1590. The molecule has 9 nitrogen and oxygen atoms in total. The average molecular weight is 582 g/mol. The van der Waals surface area contributed by atoms with Crippen LogP contribution in [0, 0.1) is 0 Å². The zero-order chi connectivity index (χ0) is 28.6. The zero-order valence-electron chi connectivity index (χ0n) is 22.9. The monoisotopic (exact) mass is 581 g/mol. The first-order valence-corrected chi connectivity index (χ1v) is 14.7. The van der Waals surface area contributed by atoms with Gasteiger partial charge in [0.05, 0.1) is 31.7 Å². The molecule has 0 bridgehead atoms. The summed E-state index contributed by atoms with van der Waals surface area (Å²) in [5.74, 6) is 0.401. The molecule has 3 aromatic carbocycles. The van der Waals surface area contributed by atoms with Crippen LogP contribution in [0.5, 0.6) is 0 Å². The van der Waals surface area contributed by atoms with Crippen LogP contribution in [0.3, 0.4) is 0 Å². The number of hydrogen-bond acceptors (Lipinski definition) is 8. The van der Waals surface area contributed by atoms with Crippen molar-refractivity contribution in [3.63, 3.8) is 0 Å². The molecular formula is C32H31N5O4S. The van der Waals surface area contributed by atoms with Gasteiger partial charge in [-0.25, -0.2) is 14.5 Å². The van der Waals surface area contributed by atoms with E-state index in [2.05, 4.69) is 15.1 Å². The van der Waals surface area contributed by atoms with Gasteiger partial charge in [-0.15, -0.1) is 11.8 Å². The molecule has 0 saturated carbocycles. The van der Waals surface area contributed by atoms with E-state index >= 15 is 0 Å². The molecule has 10 heteroatoms. The van der Waals surface area contributed by atoms with Gasteiger partial charge in [-0.1, -0.05) is 91.0 Å². The first-order valence-electron chi connectivity index (χ1n) is 13.8. The highest BCUT2D eigenvalue weighted by Crippen LogP contribution is 2.45. The van der Waals surface area contributed by atoms with Crippen LogP contribution in [0.4, 0.5) is 0 Å². The van der Waals surface area contributed by atoms with E-state index in [0.717, 1.165) is 16.7 Å². The van der Waals surface area contributed by atoms with Crippen LogP contribution in [-0.4, -0.2) is 48.4 Å². The van der Waals surface area contributed by atoms with Crippen molar-refractivity contribution in [1.82, 2.24) is 24.3 Å². The van der Waals surface area contributed by atoms with E-state index in [1.807, 2.05) is 91.0 Å². The van der Waals surface area contributed by atoms with Gasteiger partial charge in [-0.2, -0.15) is 10.1 Å². The van der Waals surface area contributed by atoms with Crippen LogP contribution < -0.4 is 5.69 Å². The molecule has 1 aliphatic rings. The molecule has 0 amide bonds. The number of aromatic nitrogens is 5. The largest absolute Gasteiger partial charge is 0.376 e. The van der Waals surface area contributed by atoms with Gasteiger partial charge in [0.15, 0.2) is 5.82 Å². The Labute approximate surface area is 248 Å². The van der Waals surface area contributed by atoms with Crippen LogP contribution in [0.2, 0.25) is 0 Å². The number of hydrogen-bond donors (Lipinski definition) is 0. The molecule has 5 aromatic rings. The molecule has 1 aliphatic heterocycles. The van der Waals surface area contributed by atoms with Crippen molar-refractivity contribution in [3.8, 4) is 5.82 Å². The lowest BCUT2D eigenvalue weighted by Gasteiger charge is -2.27. The highest BCUT2D eigenvalue weighted by atomic mass is 32.2. The maximum absolute atomic E-state index is 13.4. The lowest BCUT2D eigenvalue weighted by atomic mass is 10.1. The lowest BCUT2D eigenvalue weighted by molar-refractivity contribution is -0.0920. The molecule has 2 aromatic heterocycles. The van der Waals surface area contributed by atoms with Crippen molar-refractivity contribution < 1.29 is 14.2 Å². The predicted molar refractivity (Wildman–Crippen MR) is 160 cm³/mol. The van der Waals surface area contributed by atoms with E-state index in [1.165, 1.54) is 17.3 Å². The molecule has 4 atom stereocenters.